The highest BCUT2D eigenvalue weighted by atomic mass is 79.9. The first-order chi connectivity index (χ1) is 12.5. The van der Waals surface area contributed by atoms with Gasteiger partial charge in [-0.2, -0.15) is 0 Å². The van der Waals surface area contributed by atoms with Gasteiger partial charge in [0, 0.05) is 11.6 Å². The van der Waals surface area contributed by atoms with Crippen molar-refractivity contribution in [3.05, 3.63) is 91.9 Å². The standard InChI is InChI=1S/C21H18BrCl2NO/c1-14-2-4-15(5-3-14)13-26-21-9-6-16(10-18(21)22)12-25-20-8-7-17(23)11-19(20)24/h2-11,25H,12-13H2,1H3. The van der Waals surface area contributed by atoms with Crippen molar-refractivity contribution in [2.45, 2.75) is 20.1 Å². The fourth-order valence-corrected chi connectivity index (χ4v) is 3.46. The molecule has 3 aromatic rings. The van der Waals surface area contributed by atoms with E-state index in [2.05, 4.69) is 52.4 Å². The third-order valence-corrected chi connectivity index (χ3v) is 5.09. The molecule has 0 fully saturated rings. The van der Waals surface area contributed by atoms with Crippen molar-refractivity contribution in [1.82, 2.24) is 0 Å². The molecule has 0 saturated carbocycles. The van der Waals surface area contributed by atoms with Gasteiger partial charge in [0.2, 0.25) is 0 Å². The van der Waals surface area contributed by atoms with Crippen LogP contribution < -0.4 is 10.1 Å². The molecule has 0 aromatic heterocycles. The van der Waals surface area contributed by atoms with Gasteiger partial charge in [-0.1, -0.05) is 59.1 Å². The predicted molar refractivity (Wildman–Crippen MR) is 113 cm³/mol. The van der Waals surface area contributed by atoms with Crippen LogP contribution in [0.25, 0.3) is 0 Å². The topological polar surface area (TPSA) is 21.3 Å². The number of aryl methyl sites for hydroxylation is 1. The zero-order valence-electron chi connectivity index (χ0n) is 14.2. The molecule has 0 atom stereocenters. The maximum absolute atomic E-state index is 6.19. The lowest BCUT2D eigenvalue weighted by molar-refractivity contribution is 0.304. The minimum atomic E-state index is 0.539. The molecular weight excluding hydrogens is 433 g/mol. The first kappa shape index (κ1) is 19.1. The van der Waals surface area contributed by atoms with Crippen LogP contribution in [0.3, 0.4) is 0 Å². The van der Waals surface area contributed by atoms with Crippen LogP contribution in [-0.4, -0.2) is 0 Å². The van der Waals surface area contributed by atoms with Crippen molar-refractivity contribution in [3.63, 3.8) is 0 Å². The van der Waals surface area contributed by atoms with E-state index in [1.807, 2.05) is 30.3 Å². The highest BCUT2D eigenvalue weighted by molar-refractivity contribution is 9.10. The van der Waals surface area contributed by atoms with Gasteiger partial charge < -0.3 is 10.1 Å². The molecule has 0 bridgehead atoms. The Morgan fingerprint density at radius 1 is 0.923 bits per heavy atom. The smallest absolute Gasteiger partial charge is 0.134 e. The molecule has 5 heteroatoms. The van der Waals surface area contributed by atoms with E-state index in [9.17, 15) is 0 Å². The second-order valence-corrected chi connectivity index (χ2v) is 7.71. The first-order valence-electron chi connectivity index (χ1n) is 8.17. The number of ether oxygens (including phenoxy) is 1. The molecule has 0 aliphatic heterocycles. The fraction of sp³-hybridized carbons (Fsp3) is 0.143. The number of anilines is 1. The Morgan fingerprint density at radius 3 is 2.35 bits per heavy atom. The normalized spacial score (nSPS) is 10.6. The van der Waals surface area contributed by atoms with Crippen molar-refractivity contribution in [1.29, 1.82) is 0 Å². The zero-order valence-corrected chi connectivity index (χ0v) is 17.3. The van der Waals surface area contributed by atoms with Crippen molar-refractivity contribution < 1.29 is 4.74 Å². The summed E-state index contributed by atoms with van der Waals surface area (Å²) in [5.74, 6) is 0.818. The Balaban J connectivity index is 1.60. The number of nitrogens with one attached hydrogen (secondary N) is 1. The van der Waals surface area contributed by atoms with E-state index >= 15 is 0 Å². The van der Waals surface area contributed by atoms with Crippen LogP contribution in [0.2, 0.25) is 10.0 Å². The molecule has 3 rings (SSSR count). The van der Waals surface area contributed by atoms with Gasteiger partial charge in [0.25, 0.3) is 0 Å². The molecule has 0 aliphatic carbocycles. The van der Waals surface area contributed by atoms with Crippen LogP contribution in [0.4, 0.5) is 5.69 Å². The number of halogens is 3. The summed E-state index contributed by atoms with van der Waals surface area (Å²) in [7, 11) is 0. The minimum Gasteiger partial charge on any atom is -0.488 e. The monoisotopic (exact) mass is 449 g/mol. The van der Waals surface area contributed by atoms with Crippen molar-refractivity contribution in [3.8, 4) is 5.75 Å². The molecular formula is C21H18BrCl2NO. The molecule has 134 valence electrons. The minimum absolute atomic E-state index is 0.539. The van der Waals surface area contributed by atoms with Crippen LogP contribution in [0.1, 0.15) is 16.7 Å². The summed E-state index contributed by atoms with van der Waals surface area (Å²) < 4.78 is 6.83. The maximum Gasteiger partial charge on any atom is 0.134 e. The van der Waals surface area contributed by atoms with Gasteiger partial charge in [0.1, 0.15) is 12.4 Å². The number of hydrogen-bond donors (Lipinski definition) is 1. The van der Waals surface area contributed by atoms with Crippen LogP contribution >= 0.6 is 39.1 Å². The van der Waals surface area contributed by atoms with Gasteiger partial charge in [0.15, 0.2) is 0 Å². The first-order valence-corrected chi connectivity index (χ1v) is 9.72. The average Bonchev–Trinajstić information content (AvgIpc) is 2.61. The Morgan fingerprint density at radius 2 is 1.65 bits per heavy atom. The van der Waals surface area contributed by atoms with Gasteiger partial charge in [-0.05, 0) is 64.3 Å². The number of benzene rings is 3. The van der Waals surface area contributed by atoms with Gasteiger partial charge >= 0.3 is 0 Å². The molecule has 0 saturated heterocycles. The van der Waals surface area contributed by atoms with Gasteiger partial charge in [-0.15, -0.1) is 0 Å². The summed E-state index contributed by atoms with van der Waals surface area (Å²) in [6.07, 6.45) is 0. The molecule has 1 N–H and O–H groups in total. The van der Waals surface area contributed by atoms with Crippen molar-refractivity contribution >= 4 is 44.8 Å². The molecule has 0 unspecified atom stereocenters. The van der Waals surface area contributed by atoms with Gasteiger partial charge in [-0.25, -0.2) is 0 Å². The lowest BCUT2D eigenvalue weighted by atomic mass is 10.2. The predicted octanol–water partition coefficient (Wildman–Crippen LogP) is 7.26. The SMILES string of the molecule is Cc1ccc(COc2ccc(CNc3ccc(Cl)cc3Cl)cc2Br)cc1. The third kappa shape index (κ3) is 5.16. The maximum atomic E-state index is 6.19. The molecule has 3 aromatic carbocycles. The lowest BCUT2D eigenvalue weighted by Crippen LogP contribution is -2.01. The lowest BCUT2D eigenvalue weighted by Gasteiger charge is -2.12. The molecule has 0 radical (unpaired) electrons. The summed E-state index contributed by atoms with van der Waals surface area (Å²) in [6, 6.07) is 19.8. The number of hydrogen-bond acceptors (Lipinski definition) is 2. The van der Waals surface area contributed by atoms with E-state index in [4.69, 9.17) is 27.9 Å². The fourth-order valence-electron chi connectivity index (χ4n) is 2.45. The molecule has 0 spiro atoms. The van der Waals surface area contributed by atoms with E-state index in [1.54, 1.807) is 6.07 Å². The molecule has 0 heterocycles. The molecule has 2 nitrogen and oxygen atoms in total. The largest absolute Gasteiger partial charge is 0.488 e. The molecule has 0 aliphatic rings. The van der Waals surface area contributed by atoms with E-state index in [0.29, 0.717) is 23.2 Å². The summed E-state index contributed by atoms with van der Waals surface area (Å²) in [6.45, 7) is 3.26. The van der Waals surface area contributed by atoms with Crippen LogP contribution in [0.15, 0.2) is 65.1 Å². The van der Waals surface area contributed by atoms with Crippen molar-refractivity contribution in [2.24, 2.45) is 0 Å². The van der Waals surface area contributed by atoms with E-state index in [1.165, 1.54) is 5.56 Å². The Hall–Kier alpha value is -1.68. The Bertz CT molecular complexity index is 897. The highest BCUT2D eigenvalue weighted by Gasteiger charge is 2.05. The summed E-state index contributed by atoms with van der Waals surface area (Å²) in [5.41, 5.74) is 4.36. The van der Waals surface area contributed by atoms with Crippen LogP contribution in [0.5, 0.6) is 5.75 Å². The van der Waals surface area contributed by atoms with Crippen LogP contribution in [0, 0.1) is 6.92 Å². The summed E-state index contributed by atoms with van der Waals surface area (Å²) in [5, 5.41) is 4.54. The van der Waals surface area contributed by atoms with Gasteiger partial charge in [-0.3, -0.25) is 0 Å². The quantitative estimate of drug-likeness (QED) is 0.426. The second kappa shape index (κ2) is 8.81. The Kier molecular flexibility index (Phi) is 6.47. The second-order valence-electron chi connectivity index (χ2n) is 6.02. The van der Waals surface area contributed by atoms with E-state index in [-0.39, 0.29) is 0 Å². The Labute approximate surface area is 172 Å². The molecule has 26 heavy (non-hydrogen) atoms. The molecule has 0 amide bonds. The van der Waals surface area contributed by atoms with Gasteiger partial charge in [0.05, 0.1) is 15.2 Å². The summed E-state index contributed by atoms with van der Waals surface area (Å²) >= 11 is 15.7. The number of rotatable bonds is 6. The van der Waals surface area contributed by atoms with E-state index < -0.39 is 0 Å². The average molecular weight is 451 g/mol. The van der Waals surface area contributed by atoms with Crippen molar-refractivity contribution in [2.75, 3.05) is 5.32 Å². The zero-order chi connectivity index (χ0) is 18.5. The van der Waals surface area contributed by atoms with E-state index in [0.717, 1.165) is 27.0 Å². The third-order valence-electron chi connectivity index (χ3n) is 3.93. The summed E-state index contributed by atoms with van der Waals surface area (Å²) in [4.78, 5) is 0. The van der Waals surface area contributed by atoms with Crippen LogP contribution in [-0.2, 0) is 13.2 Å². The highest BCUT2D eigenvalue weighted by Crippen LogP contribution is 2.29.